The van der Waals surface area contributed by atoms with Crippen LogP contribution in [-0.4, -0.2) is 14.1 Å². The second-order valence-electron chi connectivity index (χ2n) is 25.0. The lowest BCUT2D eigenvalue weighted by Crippen LogP contribution is -2.32. The van der Waals surface area contributed by atoms with Crippen LogP contribution in [-0.2, 0) is 21.7 Å². The van der Waals surface area contributed by atoms with E-state index in [9.17, 15) is 9.60 Å². The van der Waals surface area contributed by atoms with Crippen LogP contribution in [0.15, 0.2) is 218 Å². The van der Waals surface area contributed by atoms with E-state index in [1.54, 1.807) is 0 Å². The van der Waals surface area contributed by atoms with E-state index in [4.69, 9.17) is 17.9 Å². The van der Waals surface area contributed by atoms with Crippen LogP contribution in [0.4, 0.5) is 0 Å². The maximum Gasteiger partial charge on any atom is 0.269 e. The molecule has 5 nitrogen and oxygen atoms in total. The molecule has 12 rings (SSSR count). The van der Waals surface area contributed by atoms with Crippen molar-refractivity contribution in [1.29, 1.82) is 0 Å². The lowest BCUT2D eigenvalue weighted by Gasteiger charge is -2.29. The van der Waals surface area contributed by atoms with Crippen LogP contribution in [0.1, 0.15) is 123 Å². The number of nitrogens with zero attached hydrogens (tertiary/aromatic N) is 4. The summed E-state index contributed by atoms with van der Waals surface area (Å²) < 4.78 is 134. The third-order valence-electron chi connectivity index (χ3n) is 15.1. The number of benzene rings is 9. The average molecular weight is 1070 g/mol. The second-order valence-corrected chi connectivity index (χ2v) is 25.0. The van der Waals surface area contributed by atoms with E-state index in [1.807, 2.05) is 115 Å². The molecule has 0 aliphatic rings. The number of hydrogen-bond donors (Lipinski definition) is 0. The minimum Gasteiger partial charge on any atom is -0.458 e. The Labute approximate surface area is 497 Å². The zero-order valence-corrected chi connectivity index (χ0v) is 48.0. The van der Waals surface area contributed by atoms with Gasteiger partial charge in [-0.05, 0) is 155 Å². The molecule has 5 heteroatoms. The van der Waals surface area contributed by atoms with Crippen molar-refractivity contribution in [2.75, 3.05) is 0 Å². The van der Waals surface area contributed by atoms with Gasteiger partial charge in [0.25, 0.3) is 6.33 Å². The first-order chi connectivity index (χ1) is 44.1. The molecule has 0 aliphatic heterocycles. The van der Waals surface area contributed by atoms with Gasteiger partial charge in [-0.25, -0.2) is 4.98 Å². The van der Waals surface area contributed by atoms with Crippen LogP contribution < -0.4 is 9.30 Å². The quantitative estimate of drug-likeness (QED) is 0.107. The summed E-state index contributed by atoms with van der Waals surface area (Å²) >= 11 is 0. The summed E-state index contributed by atoms with van der Waals surface area (Å²) in [6.45, 7) is 25.5. The number of para-hydroxylation sites is 3. The van der Waals surface area contributed by atoms with Crippen LogP contribution in [0, 0.1) is 6.33 Å². The molecular formula is C76H72N4O. The van der Waals surface area contributed by atoms with Gasteiger partial charge in [0.1, 0.15) is 17.3 Å². The first-order valence-corrected chi connectivity index (χ1v) is 27.5. The van der Waals surface area contributed by atoms with Gasteiger partial charge in [0.2, 0.25) is 0 Å². The van der Waals surface area contributed by atoms with Crippen LogP contribution >= 0.6 is 0 Å². The third kappa shape index (κ3) is 10.3. The monoisotopic (exact) mass is 1070 g/mol. The summed E-state index contributed by atoms with van der Waals surface area (Å²) in [4.78, 5) is 4.89. The van der Waals surface area contributed by atoms with Gasteiger partial charge in [0.15, 0.2) is 0 Å². The maximum atomic E-state index is 10.5. The molecule has 0 fully saturated rings. The molecular weight excluding hydrogens is 985 g/mol. The van der Waals surface area contributed by atoms with E-state index >= 15 is 0 Å². The molecule has 0 saturated heterocycles. The zero-order valence-electron chi connectivity index (χ0n) is 61.0. The number of imidazole rings is 1. The smallest absolute Gasteiger partial charge is 0.269 e. The van der Waals surface area contributed by atoms with Gasteiger partial charge >= 0.3 is 0 Å². The van der Waals surface area contributed by atoms with Crippen molar-refractivity contribution in [2.24, 2.45) is 0 Å². The SMILES string of the molecule is [2H]c1c([2H])c([2H])c(-c2c([2H])c(-c3cc(C(C)(C)C)cc(-c4cc(C(C)(C)C)cc(C(C)(C)C)c4)c3-[n+]3[c-]n(-c4cccc(Oc5ccc6c7ccccc7n(-c7cc(C(C)(C)C)ccn7)c6c5)c4)c4ccccc43)c([2H])c(-c3c([2H])c([2H])c([2H])c([2H])c3[2H])c2[2H])c([2H])c1[2H]. The fourth-order valence-electron chi connectivity index (χ4n) is 10.5. The molecule has 0 atom stereocenters. The number of rotatable bonds is 9. The Kier molecular flexibility index (Phi) is 9.80. The summed E-state index contributed by atoms with van der Waals surface area (Å²) in [6.07, 6.45) is 5.58. The Bertz CT molecular complexity index is 4970. The van der Waals surface area contributed by atoms with Crippen molar-refractivity contribution in [3.05, 3.63) is 247 Å². The van der Waals surface area contributed by atoms with Crippen LogP contribution in [0.5, 0.6) is 11.5 Å². The molecule has 12 aromatic rings. The van der Waals surface area contributed by atoms with Crippen LogP contribution in [0.25, 0.3) is 94.5 Å². The highest BCUT2D eigenvalue weighted by atomic mass is 16.5. The van der Waals surface area contributed by atoms with Crippen molar-refractivity contribution in [3.63, 3.8) is 0 Å². The van der Waals surface area contributed by atoms with Gasteiger partial charge < -0.3 is 4.74 Å². The molecule has 402 valence electrons. The number of aromatic nitrogens is 4. The minimum atomic E-state index is -0.741. The highest BCUT2D eigenvalue weighted by Gasteiger charge is 2.28. The van der Waals surface area contributed by atoms with Crippen molar-refractivity contribution in [1.82, 2.24) is 14.1 Å². The minimum absolute atomic E-state index is 0.117. The highest BCUT2D eigenvalue weighted by Crippen LogP contribution is 2.44. The molecule has 3 heterocycles. The second kappa shape index (κ2) is 20.1. The summed E-state index contributed by atoms with van der Waals surface area (Å²) in [6, 6.07) is 35.2. The van der Waals surface area contributed by atoms with E-state index < -0.39 is 106 Å². The van der Waals surface area contributed by atoms with Crippen LogP contribution in [0.2, 0.25) is 0 Å². The van der Waals surface area contributed by atoms with E-state index in [0.29, 0.717) is 39.5 Å². The first kappa shape index (κ1) is 39.6. The largest absolute Gasteiger partial charge is 0.458 e. The Hall–Kier alpha value is -8.80. The highest BCUT2D eigenvalue weighted by molar-refractivity contribution is 6.09. The molecule has 0 radical (unpaired) electrons. The zero-order chi connectivity index (χ0) is 67.9. The summed E-state index contributed by atoms with van der Waals surface area (Å²) in [5, 5.41) is 2.11. The van der Waals surface area contributed by atoms with Crippen molar-refractivity contribution in [3.8, 4) is 73.2 Å². The number of hydrogen-bond acceptors (Lipinski definition) is 2. The fraction of sp³-hybridized carbons (Fsp3) is 0.211. The molecule has 0 aliphatic carbocycles. The lowest BCUT2D eigenvalue weighted by atomic mass is 9.77. The molecule has 0 spiro atoms. The Morgan fingerprint density at radius 3 is 1.62 bits per heavy atom. The number of fused-ring (bicyclic) bond motifs is 4. The van der Waals surface area contributed by atoms with E-state index in [1.165, 1.54) is 0 Å². The van der Waals surface area contributed by atoms with E-state index in [2.05, 4.69) is 128 Å². The van der Waals surface area contributed by atoms with E-state index in [0.717, 1.165) is 55.4 Å². The fourth-order valence-corrected chi connectivity index (χ4v) is 10.5. The van der Waals surface area contributed by atoms with Gasteiger partial charge in [-0.15, -0.1) is 0 Å². The van der Waals surface area contributed by atoms with Crippen LogP contribution in [0.3, 0.4) is 0 Å². The molecule has 0 N–H and O–H groups in total. The van der Waals surface area contributed by atoms with Crippen molar-refractivity contribution < 1.29 is 27.1 Å². The van der Waals surface area contributed by atoms with Gasteiger partial charge in [-0.1, -0.05) is 222 Å². The molecule has 3 aromatic heterocycles. The van der Waals surface area contributed by atoms with Crippen molar-refractivity contribution in [2.45, 2.75) is 105 Å². The molecule has 0 amide bonds. The molecule has 0 unspecified atom stereocenters. The number of pyridine rings is 1. The first-order valence-electron chi connectivity index (χ1n) is 34.0. The van der Waals surface area contributed by atoms with Gasteiger partial charge in [-0.3, -0.25) is 13.7 Å². The standard InChI is InChI=1S/C76H72N4O/c1-73(2,3)56-36-37-77-71(46-56)80-67-31-20-19-30-63(67)64-35-34-62(48-70(64)80)81-61-29-23-28-60(47-61)78-49-79(69-33-22-21-32-68(69)78)72-65(54-39-52(50-24-15-13-16-25-50)38-53(40-54)51-26-17-14-18-27-51)44-59(76(10,11)12)45-66(72)55-41-57(74(4,5)6)43-58(42-55)75(7,8)9/h13-48H,1-12H3/i13D,14D,15D,16D,17D,18D,24D,25D,26D,27D,38D,39D,40D. The summed E-state index contributed by atoms with van der Waals surface area (Å²) in [5.41, 5.74) is 6.07. The lowest BCUT2D eigenvalue weighted by molar-refractivity contribution is -0.571. The number of ether oxygens (including phenoxy) is 1. The Balaban J connectivity index is 1.17. The summed E-state index contributed by atoms with van der Waals surface area (Å²) in [7, 11) is 0. The molecule has 81 heavy (non-hydrogen) atoms. The predicted octanol–water partition coefficient (Wildman–Crippen LogP) is 19.8. The Morgan fingerprint density at radius 2 is 0.988 bits per heavy atom. The maximum absolute atomic E-state index is 10.5. The Morgan fingerprint density at radius 1 is 0.444 bits per heavy atom. The molecule has 0 bridgehead atoms. The molecule has 0 saturated carbocycles. The average Bonchev–Trinajstić information content (AvgIpc) is 0.997. The third-order valence-corrected chi connectivity index (χ3v) is 15.1. The van der Waals surface area contributed by atoms with E-state index in [-0.39, 0.29) is 27.4 Å². The molecule has 9 aromatic carbocycles. The van der Waals surface area contributed by atoms with Gasteiger partial charge in [-0.2, -0.15) is 0 Å². The van der Waals surface area contributed by atoms with Crippen molar-refractivity contribution >= 4 is 32.8 Å². The predicted molar refractivity (Wildman–Crippen MR) is 339 cm³/mol. The topological polar surface area (TPSA) is 35.9 Å². The normalized spacial score (nSPS) is 14.7. The summed E-state index contributed by atoms with van der Waals surface area (Å²) in [5.74, 6) is 1.88. The van der Waals surface area contributed by atoms with Gasteiger partial charge in [0, 0.05) is 23.0 Å². The van der Waals surface area contributed by atoms with Gasteiger partial charge in [0.05, 0.1) is 51.3 Å².